The van der Waals surface area contributed by atoms with E-state index in [9.17, 15) is 8.42 Å². The molecule has 92 valence electrons. The molecule has 5 heteroatoms. The van der Waals surface area contributed by atoms with Crippen molar-refractivity contribution in [2.24, 2.45) is 11.1 Å². The van der Waals surface area contributed by atoms with Crippen LogP contribution in [0.2, 0.25) is 0 Å². The molecule has 0 aromatic heterocycles. The van der Waals surface area contributed by atoms with Gasteiger partial charge in [-0.25, -0.2) is 5.14 Å². The molecular weight excluding hydrogens is 226 g/mol. The zero-order chi connectivity index (χ0) is 12.0. The van der Waals surface area contributed by atoms with Gasteiger partial charge in [0.15, 0.2) is 0 Å². The van der Waals surface area contributed by atoms with Gasteiger partial charge in [0.1, 0.15) is 0 Å². The van der Waals surface area contributed by atoms with Gasteiger partial charge in [-0.3, -0.25) is 4.18 Å². The molecule has 0 saturated heterocycles. The van der Waals surface area contributed by atoms with Crippen LogP contribution in [0.1, 0.15) is 38.5 Å². The van der Waals surface area contributed by atoms with E-state index < -0.39 is 10.3 Å². The molecule has 0 aliphatic heterocycles. The molecule has 1 aliphatic rings. The van der Waals surface area contributed by atoms with Crippen LogP contribution in [-0.2, 0) is 14.5 Å². The molecule has 4 nitrogen and oxygen atoms in total. The Hall–Kier alpha value is -0.610. The summed E-state index contributed by atoms with van der Waals surface area (Å²) in [5.74, 6) is 0.275. The van der Waals surface area contributed by atoms with E-state index in [-0.39, 0.29) is 12.0 Å². The first-order valence-electron chi connectivity index (χ1n) is 5.58. The van der Waals surface area contributed by atoms with Crippen LogP contribution in [0.5, 0.6) is 0 Å². The highest BCUT2D eigenvalue weighted by molar-refractivity contribution is 7.84. The molecule has 0 spiro atoms. The summed E-state index contributed by atoms with van der Waals surface area (Å²) in [6.45, 7) is 3.46. The fourth-order valence-corrected chi connectivity index (χ4v) is 2.77. The highest BCUT2D eigenvalue weighted by Crippen LogP contribution is 2.30. The van der Waals surface area contributed by atoms with Gasteiger partial charge in [0.05, 0.1) is 6.10 Å². The molecule has 1 unspecified atom stereocenters. The smallest absolute Gasteiger partial charge is 0.254 e. The Morgan fingerprint density at radius 1 is 1.44 bits per heavy atom. The average molecular weight is 245 g/mol. The minimum Gasteiger partial charge on any atom is -0.254 e. The van der Waals surface area contributed by atoms with Crippen LogP contribution >= 0.6 is 0 Å². The van der Waals surface area contributed by atoms with Gasteiger partial charge in [-0.05, 0) is 24.8 Å². The van der Waals surface area contributed by atoms with E-state index in [0.717, 1.165) is 25.7 Å². The minimum absolute atomic E-state index is 0.275. The second kappa shape index (κ2) is 6.21. The van der Waals surface area contributed by atoms with E-state index >= 15 is 0 Å². The summed E-state index contributed by atoms with van der Waals surface area (Å²) in [5, 5.41) is 4.91. The van der Waals surface area contributed by atoms with Gasteiger partial charge in [-0.2, -0.15) is 8.42 Å². The fraction of sp³-hybridized carbons (Fsp3) is 0.727. The fourth-order valence-electron chi connectivity index (χ4n) is 2.19. The Morgan fingerprint density at radius 3 is 2.56 bits per heavy atom. The molecule has 0 radical (unpaired) electrons. The van der Waals surface area contributed by atoms with Gasteiger partial charge in [-0.15, -0.1) is 5.73 Å². The topological polar surface area (TPSA) is 69.4 Å². The van der Waals surface area contributed by atoms with Crippen LogP contribution in [0.3, 0.4) is 0 Å². The van der Waals surface area contributed by atoms with E-state index in [1.807, 2.05) is 0 Å². The second-order valence-corrected chi connectivity index (χ2v) is 5.35. The Balaban J connectivity index is 2.64. The Bertz CT molecular complexity index is 351. The normalized spacial score (nSPS) is 20.1. The van der Waals surface area contributed by atoms with Crippen molar-refractivity contribution in [3.63, 3.8) is 0 Å². The molecule has 1 saturated carbocycles. The van der Waals surface area contributed by atoms with Crippen LogP contribution in [0.25, 0.3) is 0 Å². The van der Waals surface area contributed by atoms with Crippen molar-refractivity contribution in [3.05, 3.63) is 18.4 Å². The summed E-state index contributed by atoms with van der Waals surface area (Å²) >= 11 is 0. The van der Waals surface area contributed by atoms with Gasteiger partial charge < -0.3 is 0 Å². The van der Waals surface area contributed by atoms with Crippen LogP contribution in [0.4, 0.5) is 0 Å². The summed E-state index contributed by atoms with van der Waals surface area (Å²) in [6.07, 6.45) is 7.34. The third-order valence-electron chi connectivity index (χ3n) is 2.93. The molecule has 2 N–H and O–H groups in total. The molecule has 1 fully saturated rings. The van der Waals surface area contributed by atoms with Crippen molar-refractivity contribution in [1.82, 2.24) is 0 Å². The lowest BCUT2D eigenvalue weighted by molar-refractivity contribution is 0.116. The van der Waals surface area contributed by atoms with Gasteiger partial charge in [0, 0.05) is 6.42 Å². The van der Waals surface area contributed by atoms with Crippen molar-refractivity contribution in [2.75, 3.05) is 0 Å². The van der Waals surface area contributed by atoms with Crippen molar-refractivity contribution < 1.29 is 12.6 Å². The first kappa shape index (κ1) is 13.5. The third kappa shape index (κ3) is 4.94. The summed E-state index contributed by atoms with van der Waals surface area (Å²) < 4.78 is 26.8. The second-order valence-electron chi connectivity index (χ2n) is 4.17. The lowest BCUT2D eigenvalue weighted by atomic mass is 9.84. The number of hydrogen-bond acceptors (Lipinski definition) is 3. The van der Waals surface area contributed by atoms with Gasteiger partial charge >= 0.3 is 10.3 Å². The van der Waals surface area contributed by atoms with E-state index in [1.54, 1.807) is 6.08 Å². The van der Waals surface area contributed by atoms with Crippen molar-refractivity contribution in [2.45, 2.75) is 44.6 Å². The number of rotatable bonds is 5. The highest BCUT2D eigenvalue weighted by atomic mass is 32.2. The Kier molecular flexibility index (Phi) is 5.22. The van der Waals surface area contributed by atoms with Crippen LogP contribution in [0, 0.1) is 5.92 Å². The number of hydrogen-bond donors (Lipinski definition) is 1. The predicted molar refractivity (Wildman–Crippen MR) is 62.9 cm³/mol. The third-order valence-corrected chi connectivity index (χ3v) is 3.44. The standard InChI is InChI=1S/C11H19NO3S/c1-2-3-9-11(15-16(12,13)14)10-7-5-4-6-8-10/h3,10-11H,1,4-9H2,(H2,12,13,14). The molecule has 0 aromatic rings. The summed E-state index contributed by atoms with van der Waals surface area (Å²) in [4.78, 5) is 0. The lowest BCUT2D eigenvalue weighted by Crippen LogP contribution is -2.31. The molecule has 0 aromatic carbocycles. The van der Waals surface area contributed by atoms with Crippen molar-refractivity contribution in [1.29, 1.82) is 0 Å². The van der Waals surface area contributed by atoms with E-state index in [4.69, 9.17) is 9.32 Å². The largest absolute Gasteiger partial charge is 0.333 e. The maximum atomic E-state index is 11.0. The quantitative estimate of drug-likeness (QED) is 0.752. The minimum atomic E-state index is -3.87. The van der Waals surface area contributed by atoms with Gasteiger partial charge in [0.25, 0.3) is 0 Å². The van der Waals surface area contributed by atoms with Crippen molar-refractivity contribution in [3.8, 4) is 0 Å². The van der Waals surface area contributed by atoms with E-state index in [0.29, 0.717) is 6.42 Å². The highest BCUT2D eigenvalue weighted by Gasteiger charge is 2.26. The molecule has 0 amide bonds. The maximum absolute atomic E-state index is 11.0. The van der Waals surface area contributed by atoms with E-state index in [2.05, 4.69) is 12.3 Å². The average Bonchev–Trinajstić information content (AvgIpc) is 2.24. The van der Waals surface area contributed by atoms with Crippen molar-refractivity contribution >= 4 is 10.3 Å². The molecule has 1 aliphatic carbocycles. The van der Waals surface area contributed by atoms with Gasteiger partial charge in [0.2, 0.25) is 0 Å². The molecule has 1 rings (SSSR count). The monoisotopic (exact) mass is 245 g/mol. The van der Waals surface area contributed by atoms with Crippen LogP contribution in [-0.4, -0.2) is 14.5 Å². The molecule has 1 atom stereocenters. The summed E-state index contributed by atoms with van der Waals surface area (Å²) in [7, 11) is -3.87. The summed E-state index contributed by atoms with van der Waals surface area (Å²) in [5.41, 5.74) is 2.63. The Labute approximate surface area is 97.4 Å². The predicted octanol–water partition coefficient (Wildman–Crippen LogP) is 1.89. The lowest BCUT2D eigenvalue weighted by Gasteiger charge is -2.28. The van der Waals surface area contributed by atoms with Gasteiger partial charge in [-0.1, -0.05) is 25.8 Å². The molecular formula is C11H19NO3S. The summed E-state index contributed by atoms with van der Waals surface area (Å²) in [6, 6.07) is 0. The maximum Gasteiger partial charge on any atom is 0.333 e. The molecule has 0 heterocycles. The van der Waals surface area contributed by atoms with Crippen LogP contribution < -0.4 is 5.14 Å². The zero-order valence-electron chi connectivity index (χ0n) is 9.39. The van der Waals surface area contributed by atoms with E-state index in [1.165, 1.54) is 6.42 Å². The molecule has 16 heavy (non-hydrogen) atoms. The first-order valence-corrected chi connectivity index (χ1v) is 7.05. The number of nitrogens with two attached hydrogens (primary N) is 1. The first-order chi connectivity index (χ1) is 7.53. The van der Waals surface area contributed by atoms with Crippen LogP contribution in [0.15, 0.2) is 18.4 Å². The Morgan fingerprint density at radius 2 is 2.06 bits per heavy atom. The SMILES string of the molecule is C=C=CCC(OS(N)(=O)=O)C1CCCCC1. The zero-order valence-corrected chi connectivity index (χ0v) is 10.2. The molecule has 0 bridgehead atoms.